The van der Waals surface area contributed by atoms with Crippen LogP contribution in [-0.2, 0) is 4.79 Å². The lowest BCUT2D eigenvalue weighted by Gasteiger charge is -2.35. The minimum absolute atomic E-state index is 0.0529. The van der Waals surface area contributed by atoms with E-state index in [1.165, 1.54) is 35.3 Å². The van der Waals surface area contributed by atoms with Gasteiger partial charge in [-0.1, -0.05) is 17.3 Å². The largest absolute Gasteiger partial charge is 0.481 e. The van der Waals surface area contributed by atoms with E-state index in [9.17, 15) is 13.6 Å². The van der Waals surface area contributed by atoms with Crippen molar-refractivity contribution in [3.63, 3.8) is 0 Å². The van der Waals surface area contributed by atoms with Crippen LogP contribution in [0.1, 0.15) is 0 Å². The summed E-state index contributed by atoms with van der Waals surface area (Å²) in [6.45, 7) is 1.74. The molecule has 1 saturated heterocycles. The van der Waals surface area contributed by atoms with Gasteiger partial charge in [0, 0.05) is 26.2 Å². The maximum atomic E-state index is 13.7. The van der Waals surface area contributed by atoms with Crippen molar-refractivity contribution >= 4 is 22.9 Å². The number of ether oxygens (including phenoxy) is 1. The molecular weight excluding hydrogens is 432 g/mol. The number of benzene rings is 2. The molecule has 1 aliphatic heterocycles. The SMILES string of the molecule is O=C(COc1ccccc1F)N1CCN(c2ncnc3c2nnn3-c2ccc(F)cc2)CC1. The second-order valence-corrected chi connectivity index (χ2v) is 7.43. The molecule has 3 heterocycles. The van der Waals surface area contributed by atoms with Gasteiger partial charge in [-0.05, 0) is 36.4 Å². The van der Waals surface area contributed by atoms with E-state index in [2.05, 4.69) is 20.3 Å². The van der Waals surface area contributed by atoms with Gasteiger partial charge in [0.2, 0.25) is 0 Å². The van der Waals surface area contributed by atoms with E-state index >= 15 is 0 Å². The highest BCUT2D eigenvalue weighted by Gasteiger charge is 2.25. The molecule has 0 radical (unpaired) electrons. The second-order valence-electron chi connectivity index (χ2n) is 7.43. The number of aromatic nitrogens is 5. The van der Waals surface area contributed by atoms with Gasteiger partial charge in [0.15, 0.2) is 35.2 Å². The van der Waals surface area contributed by atoms with Crippen LogP contribution in [0.3, 0.4) is 0 Å². The van der Waals surface area contributed by atoms with E-state index in [4.69, 9.17) is 4.74 Å². The Kier molecular flexibility index (Phi) is 5.51. The van der Waals surface area contributed by atoms with Crippen LogP contribution >= 0.6 is 0 Å². The first-order valence-electron chi connectivity index (χ1n) is 10.3. The summed E-state index contributed by atoms with van der Waals surface area (Å²) < 4.78 is 33.8. The van der Waals surface area contributed by atoms with Gasteiger partial charge in [-0.2, -0.15) is 4.68 Å². The van der Waals surface area contributed by atoms with Crippen molar-refractivity contribution in [1.29, 1.82) is 0 Å². The van der Waals surface area contributed by atoms with Gasteiger partial charge in [-0.3, -0.25) is 4.79 Å². The summed E-state index contributed by atoms with van der Waals surface area (Å²) in [7, 11) is 0. The molecule has 0 aliphatic carbocycles. The van der Waals surface area contributed by atoms with Gasteiger partial charge in [0.1, 0.15) is 12.1 Å². The summed E-state index contributed by atoms with van der Waals surface area (Å²) in [5.74, 6) is -0.394. The van der Waals surface area contributed by atoms with Crippen LogP contribution in [0.15, 0.2) is 54.9 Å². The molecule has 5 rings (SSSR count). The van der Waals surface area contributed by atoms with Gasteiger partial charge in [-0.25, -0.2) is 18.7 Å². The fourth-order valence-corrected chi connectivity index (χ4v) is 3.68. The Morgan fingerprint density at radius 2 is 1.73 bits per heavy atom. The molecule has 2 aromatic carbocycles. The van der Waals surface area contributed by atoms with E-state index in [0.717, 1.165) is 0 Å². The Labute approximate surface area is 187 Å². The molecule has 9 nitrogen and oxygen atoms in total. The minimum atomic E-state index is -0.503. The summed E-state index contributed by atoms with van der Waals surface area (Å²) in [5, 5.41) is 8.39. The van der Waals surface area contributed by atoms with Crippen LogP contribution in [0, 0.1) is 11.6 Å². The lowest BCUT2D eigenvalue weighted by atomic mass is 10.3. The molecule has 0 atom stereocenters. The molecule has 1 fully saturated rings. The predicted molar refractivity (Wildman–Crippen MR) is 115 cm³/mol. The molecule has 168 valence electrons. The molecule has 11 heteroatoms. The molecule has 33 heavy (non-hydrogen) atoms. The van der Waals surface area contributed by atoms with Crippen LogP contribution in [0.5, 0.6) is 5.75 Å². The van der Waals surface area contributed by atoms with E-state index in [1.807, 2.05) is 4.90 Å². The van der Waals surface area contributed by atoms with E-state index < -0.39 is 5.82 Å². The van der Waals surface area contributed by atoms with Crippen molar-refractivity contribution < 1.29 is 18.3 Å². The monoisotopic (exact) mass is 451 g/mol. The number of hydrogen-bond donors (Lipinski definition) is 0. The molecule has 1 amide bonds. The average molecular weight is 451 g/mol. The molecule has 1 aliphatic rings. The van der Waals surface area contributed by atoms with Crippen LogP contribution in [0.2, 0.25) is 0 Å². The number of nitrogens with zero attached hydrogens (tertiary/aromatic N) is 7. The Bertz CT molecular complexity index is 1290. The van der Waals surface area contributed by atoms with Gasteiger partial charge < -0.3 is 14.5 Å². The highest BCUT2D eigenvalue weighted by molar-refractivity contribution is 5.84. The fourth-order valence-electron chi connectivity index (χ4n) is 3.68. The van der Waals surface area contributed by atoms with Crippen molar-refractivity contribution in [2.45, 2.75) is 0 Å². The van der Waals surface area contributed by atoms with Crippen molar-refractivity contribution in [3.05, 3.63) is 66.5 Å². The zero-order valence-corrected chi connectivity index (χ0v) is 17.4. The Morgan fingerprint density at radius 3 is 2.48 bits per heavy atom. The lowest BCUT2D eigenvalue weighted by Crippen LogP contribution is -2.50. The minimum Gasteiger partial charge on any atom is -0.481 e. The summed E-state index contributed by atoms with van der Waals surface area (Å²) in [6, 6.07) is 11.9. The summed E-state index contributed by atoms with van der Waals surface area (Å²) in [5.41, 5.74) is 1.65. The zero-order chi connectivity index (χ0) is 22.8. The van der Waals surface area contributed by atoms with Crippen LogP contribution in [-0.4, -0.2) is 68.6 Å². The van der Waals surface area contributed by atoms with Crippen LogP contribution in [0.4, 0.5) is 14.6 Å². The smallest absolute Gasteiger partial charge is 0.260 e. The second kappa shape index (κ2) is 8.77. The number of para-hydroxylation sites is 1. The molecule has 0 spiro atoms. The van der Waals surface area contributed by atoms with Gasteiger partial charge in [-0.15, -0.1) is 5.10 Å². The number of piperazine rings is 1. The number of amides is 1. The van der Waals surface area contributed by atoms with Crippen LogP contribution < -0.4 is 9.64 Å². The highest BCUT2D eigenvalue weighted by atomic mass is 19.1. The number of carbonyl (C=O) groups is 1. The maximum absolute atomic E-state index is 13.7. The Hall–Kier alpha value is -4.15. The topological polar surface area (TPSA) is 89.3 Å². The maximum Gasteiger partial charge on any atom is 0.260 e. The third-order valence-corrected chi connectivity index (χ3v) is 5.41. The number of fused-ring (bicyclic) bond motifs is 1. The molecular formula is C22H19F2N7O2. The number of rotatable bonds is 5. The molecule has 0 saturated carbocycles. The number of carbonyl (C=O) groups excluding carboxylic acids is 1. The normalized spacial score (nSPS) is 14.0. The first-order chi connectivity index (χ1) is 16.1. The number of anilines is 1. The first-order valence-corrected chi connectivity index (χ1v) is 10.3. The Morgan fingerprint density at radius 1 is 0.970 bits per heavy atom. The summed E-state index contributed by atoms with van der Waals surface area (Å²) in [6.07, 6.45) is 1.43. The van der Waals surface area contributed by atoms with Crippen LogP contribution in [0.25, 0.3) is 16.9 Å². The summed E-state index contributed by atoms with van der Waals surface area (Å²) >= 11 is 0. The lowest BCUT2D eigenvalue weighted by molar-refractivity contribution is -0.133. The van der Waals surface area contributed by atoms with Gasteiger partial charge >= 0.3 is 0 Å². The molecule has 0 unspecified atom stereocenters. The zero-order valence-electron chi connectivity index (χ0n) is 17.4. The molecule has 2 aromatic heterocycles. The number of halogens is 2. The standard InChI is InChI=1S/C22H19F2N7O2/c23-15-5-7-16(8-6-15)31-22-20(27-28-31)21(25-14-26-22)30-11-9-29(10-12-30)19(32)13-33-18-4-2-1-3-17(18)24/h1-8,14H,9-13H2. The first kappa shape index (κ1) is 20.7. The van der Waals surface area contributed by atoms with Crippen molar-refractivity contribution in [2.24, 2.45) is 0 Å². The Balaban J connectivity index is 1.26. The summed E-state index contributed by atoms with van der Waals surface area (Å²) in [4.78, 5) is 24.9. The fraction of sp³-hybridized carbons (Fsp3) is 0.227. The highest BCUT2D eigenvalue weighted by Crippen LogP contribution is 2.24. The third kappa shape index (κ3) is 4.16. The molecule has 0 bridgehead atoms. The van der Waals surface area contributed by atoms with E-state index in [-0.39, 0.29) is 24.1 Å². The third-order valence-electron chi connectivity index (χ3n) is 5.41. The average Bonchev–Trinajstić information content (AvgIpc) is 3.28. The molecule has 0 N–H and O–H groups in total. The van der Waals surface area contributed by atoms with Gasteiger partial charge in [0.25, 0.3) is 5.91 Å². The van der Waals surface area contributed by atoms with Crippen molar-refractivity contribution in [2.75, 3.05) is 37.7 Å². The van der Waals surface area contributed by atoms with E-state index in [0.29, 0.717) is 48.8 Å². The van der Waals surface area contributed by atoms with Crippen molar-refractivity contribution in [3.8, 4) is 11.4 Å². The van der Waals surface area contributed by atoms with E-state index in [1.54, 1.807) is 29.2 Å². The predicted octanol–water partition coefficient (Wildman–Crippen LogP) is 2.22. The van der Waals surface area contributed by atoms with Crippen molar-refractivity contribution in [1.82, 2.24) is 29.9 Å². The van der Waals surface area contributed by atoms with Gasteiger partial charge in [0.05, 0.1) is 5.69 Å². The molecule has 4 aromatic rings. The quantitative estimate of drug-likeness (QED) is 0.460. The number of hydrogen-bond acceptors (Lipinski definition) is 7.